The lowest BCUT2D eigenvalue weighted by Gasteiger charge is -2.13. The van der Waals surface area contributed by atoms with Crippen molar-refractivity contribution >= 4 is 21.8 Å². The van der Waals surface area contributed by atoms with Crippen LogP contribution in [0.25, 0.3) is 0 Å². The zero-order valence-corrected chi connectivity index (χ0v) is 12.8. The van der Waals surface area contributed by atoms with E-state index in [1.54, 1.807) is 6.07 Å². The van der Waals surface area contributed by atoms with Gasteiger partial charge < -0.3 is 15.0 Å². The lowest BCUT2D eigenvalue weighted by atomic mass is 10.1. The van der Waals surface area contributed by atoms with Crippen LogP contribution in [0.2, 0.25) is 0 Å². The minimum absolute atomic E-state index is 0.142. The van der Waals surface area contributed by atoms with Crippen LogP contribution in [0.5, 0.6) is 0 Å². The topological polar surface area (TPSA) is 54.3 Å². The Hall–Kier alpha value is -1.59. The fourth-order valence-corrected chi connectivity index (χ4v) is 2.50. The lowest BCUT2D eigenvalue weighted by Crippen LogP contribution is -2.26. The van der Waals surface area contributed by atoms with Crippen molar-refractivity contribution in [3.63, 3.8) is 0 Å². The zero-order chi connectivity index (χ0) is 14.5. The number of aryl methyl sites for hydroxylation is 1. The van der Waals surface area contributed by atoms with Gasteiger partial charge in [-0.2, -0.15) is 0 Å². The normalized spacial score (nSPS) is 12.2. The fourth-order valence-electron chi connectivity index (χ4n) is 2.03. The number of aromatic nitrogens is 1. The van der Waals surface area contributed by atoms with Crippen LogP contribution in [0.4, 0.5) is 0 Å². The third-order valence-electron chi connectivity index (χ3n) is 3.15. The maximum absolute atomic E-state index is 12.0. The van der Waals surface area contributed by atoms with Crippen LogP contribution in [0.15, 0.2) is 47.1 Å². The van der Waals surface area contributed by atoms with Gasteiger partial charge in [0.25, 0.3) is 5.91 Å². The van der Waals surface area contributed by atoms with Crippen LogP contribution in [0.3, 0.4) is 0 Å². The summed E-state index contributed by atoms with van der Waals surface area (Å²) in [4.78, 5) is 12.0. The van der Waals surface area contributed by atoms with E-state index >= 15 is 0 Å². The summed E-state index contributed by atoms with van der Waals surface area (Å²) >= 11 is 3.35. The minimum atomic E-state index is -0.575. The number of nitrogens with zero attached hydrogens (tertiary/aromatic N) is 1. The average molecular weight is 337 g/mol. The first-order valence-corrected chi connectivity index (χ1v) is 7.21. The monoisotopic (exact) mass is 336 g/mol. The number of hydrogen-bond donors (Lipinski definition) is 2. The number of nitrogens with one attached hydrogen (secondary N) is 1. The van der Waals surface area contributed by atoms with E-state index in [-0.39, 0.29) is 5.91 Å². The molecule has 1 amide bonds. The molecule has 0 unspecified atom stereocenters. The van der Waals surface area contributed by atoms with Crippen molar-refractivity contribution in [2.75, 3.05) is 6.54 Å². The average Bonchev–Trinajstić information content (AvgIpc) is 2.85. The van der Waals surface area contributed by atoms with E-state index in [4.69, 9.17) is 0 Å². The Morgan fingerprint density at radius 3 is 2.75 bits per heavy atom. The van der Waals surface area contributed by atoms with Crippen molar-refractivity contribution in [1.82, 2.24) is 9.88 Å². The lowest BCUT2D eigenvalue weighted by molar-refractivity contribution is 0.0940. The van der Waals surface area contributed by atoms with Gasteiger partial charge >= 0.3 is 0 Å². The van der Waals surface area contributed by atoms with Gasteiger partial charge in [-0.3, -0.25) is 4.79 Å². The predicted octanol–water partition coefficient (Wildman–Crippen LogP) is 2.64. The molecular formula is C15H17BrN2O2. The molecule has 1 heterocycles. The number of carbonyl (C=O) groups excluding carboxylic acids is 1. The molecule has 0 saturated carbocycles. The minimum Gasteiger partial charge on any atom is -0.387 e. The molecule has 0 aliphatic carbocycles. The highest BCUT2D eigenvalue weighted by atomic mass is 79.9. The Morgan fingerprint density at radius 1 is 1.35 bits per heavy atom. The number of benzene rings is 1. The Kier molecular flexibility index (Phi) is 4.98. The molecule has 0 fully saturated rings. The number of aliphatic hydroxyl groups is 1. The van der Waals surface area contributed by atoms with Crippen LogP contribution < -0.4 is 5.32 Å². The molecule has 5 heteroatoms. The summed E-state index contributed by atoms with van der Waals surface area (Å²) in [6.07, 6.45) is 1.79. The Labute approximate surface area is 126 Å². The molecule has 1 atom stereocenters. The van der Waals surface area contributed by atoms with Gasteiger partial charge in [0.15, 0.2) is 0 Å². The van der Waals surface area contributed by atoms with Crippen molar-refractivity contribution in [2.45, 2.75) is 12.5 Å². The predicted molar refractivity (Wildman–Crippen MR) is 81.5 cm³/mol. The van der Waals surface area contributed by atoms with Crippen molar-refractivity contribution in [1.29, 1.82) is 0 Å². The fraction of sp³-hybridized carbons (Fsp3) is 0.267. The van der Waals surface area contributed by atoms with E-state index in [1.807, 2.05) is 48.1 Å². The summed E-state index contributed by atoms with van der Waals surface area (Å²) in [5.74, 6) is -0.142. The van der Waals surface area contributed by atoms with Crippen molar-refractivity contribution in [3.8, 4) is 0 Å². The highest BCUT2D eigenvalue weighted by Crippen LogP contribution is 2.17. The molecule has 2 rings (SSSR count). The Balaban J connectivity index is 1.86. The molecular weight excluding hydrogens is 320 g/mol. The molecule has 0 aliphatic heterocycles. The van der Waals surface area contributed by atoms with Crippen LogP contribution in [0, 0.1) is 0 Å². The van der Waals surface area contributed by atoms with Crippen LogP contribution in [-0.2, 0) is 7.05 Å². The summed E-state index contributed by atoms with van der Waals surface area (Å²) in [6, 6.07) is 11.0. The Bertz CT molecular complexity index is 595. The molecule has 0 aliphatic rings. The molecule has 0 saturated heterocycles. The SMILES string of the molecule is Cn1cccc1[C@@H](O)CCNC(=O)c1ccccc1Br. The van der Waals surface area contributed by atoms with Crippen molar-refractivity contribution in [2.24, 2.45) is 7.05 Å². The molecule has 2 N–H and O–H groups in total. The van der Waals surface area contributed by atoms with E-state index < -0.39 is 6.10 Å². The van der Waals surface area contributed by atoms with Gasteiger partial charge in [-0.05, 0) is 46.6 Å². The summed E-state index contributed by atoms with van der Waals surface area (Å²) in [7, 11) is 1.89. The number of amides is 1. The first-order valence-electron chi connectivity index (χ1n) is 6.41. The van der Waals surface area contributed by atoms with Gasteiger partial charge in [0.05, 0.1) is 11.7 Å². The van der Waals surface area contributed by atoms with Crippen LogP contribution in [0.1, 0.15) is 28.6 Å². The van der Waals surface area contributed by atoms with E-state index in [1.165, 1.54) is 0 Å². The summed E-state index contributed by atoms with van der Waals surface area (Å²) < 4.78 is 2.64. The van der Waals surface area contributed by atoms with Gasteiger partial charge in [-0.25, -0.2) is 0 Å². The highest BCUT2D eigenvalue weighted by Gasteiger charge is 2.12. The first kappa shape index (κ1) is 14.8. The second kappa shape index (κ2) is 6.72. The van der Waals surface area contributed by atoms with E-state index in [2.05, 4.69) is 21.2 Å². The molecule has 0 radical (unpaired) electrons. The molecule has 2 aromatic rings. The molecule has 20 heavy (non-hydrogen) atoms. The van der Waals surface area contributed by atoms with Crippen LogP contribution in [-0.4, -0.2) is 22.1 Å². The molecule has 0 spiro atoms. The number of carbonyl (C=O) groups is 1. The second-order valence-corrected chi connectivity index (χ2v) is 5.44. The van der Waals surface area contributed by atoms with Gasteiger partial charge in [-0.15, -0.1) is 0 Å². The largest absolute Gasteiger partial charge is 0.387 e. The maximum Gasteiger partial charge on any atom is 0.252 e. The maximum atomic E-state index is 12.0. The van der Waals surface area contributed by atoms with Gasteiger partial charge in [-0.1, -0.05) is 12.1 Å². The van der Waals surface area contributed by atoms with Gasteiger partial charge in [0.1, 0.15) is 0 Å². The van der Waals surface area contributed by atoms with E-state index in [9.17, 15) is 9.90 Å². The molecule has 1 aromatic heterocycles. The molecule has 4 nitrogen and oxygen atoms in total. The molecule has 0 bridgehead atoms. The smallest absolute Gasteiger partial charge is 0.252 e. The summed E-state index contributed by atoms with van der Waals surface area (Å²) in [5.41, 5.74) is 1.45. The zero-order valence-electron chi connectivity index (χ0n) is 11.2. The summed E-state index contributed by atoms with van der Waals surface area (Å²) in [6.45, 7) is 0.423. The summed E-state index contributed by atoms with van der Waals surface area (Å²) in [5, 5.41) is 12.9. The second-order valence-electron chi connectivity index (χ2n) is 4.58. The number of aliphatic hydroxyl groups excluding tert-OH is 1. The number of halogens is 1. The number of rotatable bonds is 5. The molecule has 1 aromatic carbocycles. The van der Waals surface area contributed by atoms with Gasteiger partial charge in [0, 0.05) is 30.0 Å². The quantitative estimate of drug-likeness (QED) is 0.881. The third-order valence-corrected chi connectivity index (χ3v) is 3.84. The standard InChI is InChI=1S/C15H17BrN2O2/c1-18-10-4-7-13(18)14(19)8-9-17-15(20)11-5-2-3-6-12(11)16/h2-7,10,14,19H,8-9H2,1H3,(H,17,20)/t14-/m0/s1. The Morgan fingerprint density at radius 2 is 2.10 bits per heavy atom. The molecule has 106 valence electrons. The highest BCUT2D eigenvalue weighted by molar-refractivity contribution is 9.10. The first-order chi connectivity index (χ1) is 9.59. The van der Waals surface area contributed by atoms with Crippen molar-refractivity contribution < 1.29 is 9.90 Å². The van der Waals surface area contributed by atoms with Crippen molar-refractivity contribution in [3.05, 3.63) is 58.3 Å². The van der Waals surface area contributed by atoms with E-state index in [0.717, 1.165) is 10.2 Å². The number of hydrogen-bond acceptors (Lipinski definition) is 2. The third kappa shape index (κ3) is 3.49. The van der Waals surface area contributed by atoms with Crippen LogP contribution >= 0.6 is 15.9 Å². The van der Waals surface area contributed by atoms with E-state index in [0.29, 0.717) is 18.5 Å². The van der Waals surface area contributed by atoms with Gasteiger partial charge in [0.2, 0.25) is 0 Å².